The molecule has 0 unspecified atom stereocenters. The van der Waals surface area contributed by atoms with Crippen LogP contribution < -0.4 is 9.47 Å². The number of alkyl halides is 3. The van der Waals surface area contributed by atoms with Crippen LogP contribution in [0.4, 0.5) is 18.9 Å². The summed E-state index contributed by atoms with van der Waals surface area (Å²) in [6, 6.07) is 11.6. The van der Waals surface area contributed by atoms with Gasteiger partial charge in [-0.2, -0.15) is 17.7 Å². The van der Waals surface area contributed by atoms with Gasteiger partial charge in [0, 0.05) is 29.1 Å². The zero-order valence-corrected chi connectivity index (χ0v) is 22.7. The Labute approximate surface area is 225 Å². The summed E-state index contributed by atoms with van der Waals surface area (Å²) in [7, 11) is 2.03. The first-order chi connectivity index (χ1) is 17.2. The number of thioether (sulfide) groups is 2. The number of hydrogen-bond acceptors (Lipinski definition) is 5. The monoisotopic (exact) mass is 564 g/mol. The van der Waals surface area contributed by atoms with E-state index in [4.69, 9.17) is 11.6 Å². The molecule has 0 atom stereocenters. The van der Waals surface area contributed by atoms with Crippen LogP contribution in [0, 0.1) is 0 Å². The van der Waals surface area contributed by atoms with Crippen molar-refractivity contribution in [3.8, 4) is 0 Å². The molecule has 0 bridgehead atoms. The molecule has 0 amide bonds. The maximum absolute atomic E-state index is 13.5. The van der Waals surface area contributed by atoms with E-state index in [0.717, 1.165) is 48.9 Å². The van der Waals surface area contributed by atoms with E-state index in [-0.39, 0.29) is 12.1 Å². The highest BCUT2D eigenvalue weighted by molar-refractivity contribution is 8.09. The SMILES string of the molecule is C=C1/C(=C2\Sc3cc(Cl)ccc3N2C)S/C(=C\c2scc[n+]2Cc2ccccc2C(F)(F)F)N1CC. The van der Waals surface area contributed by atoms with Crippen molar-refractivity contribution in [3.05, 3.63) is 102 Å². The van der Waals surface area contributed by atoms with Crippen LogP contribution in [0.2, 0.25) is 5.02 Å². The van der Waals surface area contributed by atoms with Gasteiger partial charge in [-0.25, -0.2) is 0 Å². The van der Waals surface area contributed by atoms with E-state index in [0.29, 0.717) is 5.02 Å². The highest BCUT2D eigenvalue weighted by Crippen LogP contribution is 2.54. The van der Waals surface area contributed by atoms with Crippen LogP contribution in [0.5, 0.6) is 0 Å². The van der Waals surface area contributed by atoms with Crippen LogP contribution in [0.15, 0.2) is 86.2 Å². The van der Waals surface area contributed by atoms with Gasteiger partial charge in [-0.1, -0.05) is 71.2 Å². The Morgan fingerprint density at radius 3 is 2.67 bits per heavy atom. The largest absolute Gasteiger partial charge is 0.416 e. The summed E-state index contributed by atoms with van der Waals surface area (Å²) in [5.41, 5.74) is 1.65. The number of benzene rings is 2. The molecule has 3 heterocycles. The van der Waals surface area contributed by atoms with Crippen LogP contribution in [-0.4, -0.2) is 18.5 Å². The number of fused-ring (bicyclic) bond motifs is 1. The zero-order valence-electron chi connectivity index (χ0n) is 19.5. The number of aromatic nitrogens is 1. The fourth-order valence-electron chi connectivity index (χ4n) is 4.21. The molecule has 1 aromatic heterocycles. The molecule has 3 aromatic rings. The number of anilines is 1. The Kier molecular flexibility index (Phi) is 6.93. The summed E-state index contributed by atoms with van der Waals surface area (Å²) >= 11 is 11.0. The normalized spacial score (nSPS) is 19.1. The van der Waals surface area contributed by atoms with Crippen molar-refractivity contribution in [2.45, 2.75) is 24.5 Å². The standard InChI is InChI=1S/C26H22ClF3N3S3/c1-4-33-16(2)24(25-31(3)20-10-9-18(27)13-21(20)35-25)36-23(33)14-22-32(11-12-34-22)15-17-7-5-6-8-19(17)26(28,29)30/h5-14H,2,4,15H2,1,3H3/q+1/b25-24+. The smallest absolute Gasteiger partial charge is 0.337 e. The van der Waals surface area contributed by atoms with Gasteiger partial charge >= 0.3 is 6.18 Å². The number of halogens is 4. The van der Waals surface area contributed by atoms with Crippen LogP contribution >= 0.6 is 46.5 Å². The summed E-state index contributed by atoms with van der Waals surface area (Å²) < 4.78 is 42.5. The van der Waals surface area contributed by atoms with Gasteiger partial charge in [0.1, 0.15) is 0 Å². The second-order valence-corrected chi connectivity index (χ2v) is 11.6. The topological polar surface area (TPSA) is 10.4 Å². The maximum Gasteiger partial charge on any atom is 0.416 e. The van der Waals surface area contributed by atoms with E-state index in [1.807, 2.05) is 47.5 Å². The number of likely N-dealkylation sites (N-methyl/N-ethyl adjacent to an activating group) is 1. The van der Waals surface area contributed by atoms with Crippen LogP contribution in [0.3, 0.4) is 0 Å². The molecule has 186 valence electrons. The van der Waals surface area contributed by atoms with Gasteiger partial charge in [0.05, 0.1) is 43.4 Å². The molecule has 10 heteroatoms. The van der Waals surface area contributed by atoms with Crippen LogP contribution in [-0.2, 0) is 12.7 Å². The summed E-state index contributed by atoms with van der Waals surface area (Å²) in [6.45, 7) is 7.30. The summed E-state index contributed by atoms with van der Waals surface area (Å²) in [5.74, 6) is 0. The molecular weight excluding hydrogens is 543 g/mol. The summed E-state index contributed by atoms with van der Waals surface area (Å²) in [5, 5.41) is 5.54. The fraction of sp³-hybridized carbons (Fsp3) is 0.192. The Morgan fingerprint density at radius 1 is 1.14 bits per heavy atom. The molecule has 0 N–H and O–H groups in total. The third-order valence-corrected chi connectivity index (χ3v) is 9.60. The van der Waals surface area contributed by atoms with Crippen molar-refractivity contribution in [2.24, 2.45) is 0 Å². The fourth-order valence-corrected chi connectivity index (χ4v) is 7.89. The van der Waals surface area contributed by atoms with Crippen molar-refractivity contribution < 1.29 is 17.7 Å². The minimum atomic E-state index is -4.39. The molecular formula is C26H22ClF3N3S3+. The van der Waals surface area contributed by atoms with E-state index in [1.165, 1.54) is 23.5 Å². The predicted octanol–water partition coefficient (Wildman–Crippen LogP) is 8.05. The van der Waals surface area contributed by atoms with Crippen molar-refractivity contribution in [1.82, 2.24) is 4.90 Å². The summed E-state index contributed by atoms with van der Waals surface area (Å²) in [4.78, 5) is 6.46. The van der Waals surface area contributed by atoms with E-state index < -0.39 is 11.7 Å². The first-order valence-electron chi connectivity index (χ1n) is 11.1. The lowest BCUT2D eigenvalue weighted by Crippen LogP contribution is -2.35. The molecule has 0 radical (unpaired) electrons. The van der Waals surface area contributed by atoms with Crippen molar-refractivity contribution in [1.29, 1.82) is 0 Å². The van der Waals surface area contributed by atoms with Gasteiger partial charge in [-0.3, -0.25) is 0 Å². The molecule has 2 aliphatic heterocycles. The second-order valence-electron chi connectivity index (χ2n) is 8.21. The third kappa shape index (κ3) is 4.69. The minimum absolute atomic E-state index is 0.138. The van der Waals surface area contributed by atoms with Crippen molar-refractivity contribution >= 4 is 58.2 Å². The van der Waals surface area contributed by atoms with E-state index >= 15 is 0 Å². The van der Waals surface area contributed by atoms with Gasteiger partial charge in [-0.05, 0) is 31.2 Å². The molecule has 5 rings (SSSR count). The molecule has 1 fully saturated rings. The average molecular weight is 565 g/mol. The molecule has 0 spiro atoms. The lowest BCUT2D eigenvalue weighted by atomic mass is 10.1. The average Bonchev–Trinajstić information content (AvgIpc) is 3.49. The first kappa shape index (κ1) is 25.3. The van der Waals surface area contributed by atoms with Gasteiger partial charge in [0.25, 0.3) is 5.01 Å². The molecule has 0 aliphatic carbocycles. The van der Waals surface area contributed by atoms with E-state index in [2.05, 4.69) is 23.3 Å². The zero-order chi connectivity index (χ0) is 25.6. The molecule has 3 nitrogen and oxygen atoms in total. The van der Waals surface area contributed by atoms with Crippen LogP contribution in [0.1, 0.15) is 23.1 Å². The molecule has 0 saturated carbocycles. The Hall–Kier alpha value is -2.33. The Balaban J connectivity index is 1.47. The molecule has 36 heavy (non-hydrogen) atoms. The lowest BCUT2D eigenvalue weighted by molar-refractivity contribution is -0.685. The van der Waals surface area contributed by atoms with Crippen molar-refractivity contribution in [2.75, 3.05) is 18.5 Å². The van der Waals surface area contributed by atoms with Gasteiger partial charge in [-0.15, -0.1) is 0 Å². The molecule has 2 aliphatic rings. The van der Waals surface area contributed by atoms with E-state index in [1.54, 1.807) is 29.6 Å². The maximum atomic E-state index is 13.5. The molecule has 1 saturated heterocycles. The Bertz CT molecular complexity index is 1410. The number of nitrogens with zero attached hydrogens (tertiary/aromatic N) is 3. The number of rotatable bonds is 4. The lowest BCUT2D eigenvalue weighted by Gasteiger charge is -2.18. The third-order valence-electron chi connectivity index (χ3n) is 5.99. The highest BCUT2D eigenvalue weighted by Gasteiger charge is 2.36. The highest BCUT2D eigenvalue weighted by atomic mass is 35.5. The van der Waals surface area contributed by atoms with Gasteiger partial charge in [0.15, 0.2) is 12.7 Å². The number of thiazole rings is 1. The van der Waals surface area contributed by atoms with Gasteiger partial charge < -0.3 is 9.80 Å². The first-order valence-corrected chi connectivity index (χ1v) is 14.0. The minimum Gasteiger partial charge on any atom is -0.337 e. The Morgan fingerprint density at radius 2 is 1.92 bits per heavy atom. The predicted molar refractivity (Wildman–Crippen MR) is 145 cm³/mol. The van der Waals surface area contributed by atoms with E-state index in [9.17, 15) is 13.2 Å². The second kappa shape index (κ2) is 9.85. The molecule has 2 aromatic carbocycles. The number of hydrogen-bond donors (Lipinski definition) is 0. The van der Waals surface area contributed by atoms with Crippen molar-refractivity contribution in [3.63, 3.8) is 0 Å². The van der Waals surface area contributed by atoms with Gasteiger partial charge in [0.2, 0.25) is 0 Å². The quantitative estimate of drug-likeness (QED) is 0.297. The summed E-state index contributed by atoms with van der Waals surface area (Å²) in [6.07, 6.45) is -0.523. The van der Waals surface area contributed by atoms with Crippen LogP contribution in [0.25, 0.3) is 6.08 Å².